The number of benzene rings is 3. The minimum Gasteiger partial charge on any atom is -0.478 e. The van der Waals surface area contributed by atoms with Crippen LogP contribution in [0.3, 0.4) is 0 Å². The van der Waals surface area contributed by atoms with Gasteiger partial charge in [0, 0.05) is 18.3 Å². The van der Waals surface area contributed by atoms with Gasteiger partial charge in [0.1, 0.15) is 5.92 Å². The Morgan fingerprint density at radius 3 is 1.71 bits per heavy atom. The van der Waals surface area contributed by atoms with E-state index in [1.54, 1.807) is 39.8 Å². The van der Waals surface area contributed by atoms with E-state index in [0.29, 0.717) is 22.3 Å². The highest BCUT2D eigenvalue weighted by atomic mass is 19.4. The quantitative estimate of drug-likeness (QED) is 0.355. The fourth-order valence-corrected chi connectivity index (χ4v) is 5.02. The highest BCUT2D eigenvalue weighted by Crippen LogP contribution is 2.45. The number of halogens is 3. The van der Waals surface area contributed by atoms with Gasteiger partial charge >= 0.3 is 12.1 Å². The number of nitrogens with one attached hydrogen (secondary N) is 2. The Morgan fingerprint density at radius 1 is 0.763 bits per heavy atom. The number of carbonyl (C=O) groups is 3. The average Bonchev–Trinajstić information content (AvgIpc) is 2.80. The van der Waals surface area contributed by atoms with Crippen molar-refractivity contribution in [2.75, 3.05) is 12.4 Å². The number of carboxylic acid groups (broad SMARTS) is 1. The lowest BCUT2D eigenvalue weighted by Gasteiger charge is -2.28. The Balaban J connectivity index is 2.08. The second-order valence-electron chi connectivity index (χ2n) is 9.41. The molecule has 1 unspecified atom stereocenters. The molecule has 3 rings (SSSR count). The molecule has 3 aromatic rings. The summed E-state index contributed by atoms with van der Waals surface area (Å²) in [5.74, 6) is -4.54. The van der Waals surface area contributed by atoms with Crippen molar-refractivity contribution in [3.63, 3.8) is 0 Å². The molecular formula is C29H29F3N2O4. The minimum atomic E-state index is -4.57. The predicted octanol–water partition coefficient (Wildman–Crippen LogP) is 6.23. The second-order valence-corrected chi connectivity index (χ2v) is 9.41. The Morgan fingerprint density at radius 2 is 1.26 bits per heavy atom. The summed E-state index contributed by atoms with van der Waals surface area (Å²) in [5.41, 5.74) is 2.60. The van der Waals surface area contributed by atoms with Crippen molar-refractivity contribution in [3.05, 3.63) is 98.1 Å². The van der Waals surface area contributed by atoms with Gasteiger partial charge in [-0.25, -0.2) is 4.79 Å². The van der Waals surface area contributed by atoms with E-state index in [-0.39, 0.29) is 33.5 Å². The number of rotatable bonds is 6. The Labute approximate surface area is 218 Å². The zero-order valence-electron chi connectivity index (χ0n) is 21.9. The molecule has 0 saturated carbocycles. The summed E-state index contributed by atoms with van der Waals surface area (Å²) in [6, 6.07) is 9.92. The fourth-order valence-electron chi connectivity index (χ4n) is 5.02. The monoisotopic (exact) mass is 526 g/mol. The van der Waals surface area contributed by atoms with E-state index >= 15 is 0 Å². The van der Waals surface area contributed by atoms with E-state index in [4.69, 9.17) is 0 Å². The molecule has 1 atom stereocenters. The third-order valence-corrected chi connectivity index (χ3v) is 6.48. The molecular weight excluding hydrogens is 497 g/mol. The lowest BCUT2D eigenvalue weighted by atomic mass is 9.80. The van der Waals surface area contributed by atoms with Crippen molar-refractivity contribution in [1.29, 1.82) is 0 Å². The lowest BCUT2D eigenvalue weighted by Crippen LogP contribution is -2.26. The maximum absolute atomic E-state index is 14.5. The van der Waals surface area contributed by atoms with E-state index in [1.807, 2.05) is 6.92 Å². The first-order chi connectivity index (χ1) is 17.6. The third-order valence-electron chi connectivity index (χ3n) is 6.48. The van der Waals surface area contributed by atoms with Crippen LogP contribution in [-0.4, -0.2) is 36.1 Å². The summed E-state index contributed by atoms with van der Waals surface area (Å²) in [6.07, 6.45) is -4.57. The van der Waals surface area contributed by atoms with Gasteiger partial charge in [-0.2, -0.15) is 13.2 Å². The zero-order valence-corrected chi connectivity index (χ0v) is 21.9. The largest absolute Gasteiger partial charge is 0.478 e. The molecule has 9 heteroatoms. The van der Waals surface area contributed by atoms with Crippen molar-refractivity contribution in [2.45, 2.75) is 46.7 Å². The van der Waals surface area contributed by atoms with Crippen molar-refractivity contribution in [2.24, 2.45) is 0 Å². The molecule has 6 nitrogen and oxygen atoms in total. The van der Waals surface area contributed by atoms with Crippen LogP contribution < -0.4 is 10.6 Å². The first kappa shape index (κ1) is 28.4. The van der Waals surface area contributed by atoms with Crippen molar-refractivity contribution in [3.8, 4) is 0 Å². The summed E-state index contributed by atoms with van der Waals surface area (Å²) >= 11 is 0. The predicted molar refractivity (Wildman–Crippen MR) is 139 cm³/mol. The van der Waals surface area contributed by atoms with Gasteiger partial charge in [0.25, 0.3) is 11.8 Å². The van der Waals surface area contributed by atoms with E-state index < -0.39 is 29.9 Å². The van der Waals surface area contributed by atoms with E-state index in [0.717, 1.165) is 17.7 Å². The minimum absolute atomic E-state index is 0.0854. The Kier molecular flexibility index (Phi) is 8.00. The van der Waals surface area contributed by atoms with Crippen LogP contribution in [0.5, 0.6) is 0 Å². The van der Waals surface area contributed by atoms with Gasteiger partial charge in [-0.1, -0.05) is 17.7 Å². The van der Waals surface area contributed by atoms with E-state index in [2.05, 4.69) is 10.6 Å². The van der Waals surface area contributed by atoms with E-state index in [9.17, 15) is 32.7 Å². The molecule has 38 heavy (non-hydrogen) atoms. The van der Waals surface area contributed by atoms with Crippen molar-refractivity contribution >= 4 is 23.5 Å². The number of carboxylic acids is 1. The molecule has 0 aromatic heterocycles. The topological polar surface area (TPSA) is 95.5 Å². The van der Waals surface area contributed by atoms with Crippen LogP contribution in [0.4, 0.5) is 18.9 Å². The summed E-state index contributed by atoms with van der Waals surface area (Å²) < 4.78 is 43.6. The normalized spacial score (nSPS) is 12.1. The molecule has 0 radical (unpaired) electrons. The smallest absolute Gasteiger partial charge is 0.399 e. The second kappa shape index (κ2) is 10.7. The third kappa shape index (κ3) is 5.72. The van der Waals surface area contributed by atoms with Crippen LogP contribution >= 0.6 is 0 Å². The van der Waals surface area contributed by atoms with Crippen LogP contribution in [0, 0.1) is 34.6 Å². The van der Waals surface area contributed by atoms with Crippen molar-refractivity contribution in [1.82, 2.24) is 5.32 Å². The van der Waals surface area contributed by atoms with Gasteiger partial charge in [-0.3, -0.25) is 9.59 Å². The standard InChI is InChI=1S/C29H29F3N2O4/c1-14-9-15(2)23(16(3)10-14)25(29(30,31)32)24-17(4)11-20(12-18(24)5)34-27(36)22-13-19(26(35)33-6)7-8-21(22)28(37)38/h7-13,25H,1-6H3,(H,33,35)(H,34,36)(H,37,38). The number of amides is 2. The Bertz CT molecular complexity index is 1400. The molecule has 0 heterocycles. The van der Waals surface area contributed by atoms with Gasteiger partial charge in [0.05, 0.1) is 11.1 Å². The van der Waals surface area contributed by atoms with Crippen LogP contribution in [-0.2, 0) is 0 Å². The zero-order chi connectivity index (χ0) is 28.5. The fraction of sp³-hybridized carbons (Fsp3) is 0.276. The molecule has 0 spiro atoms. The molecule has 0 saturated heterocycles. The van der Waals surface area contributed by atoms with Crippen LogP contribution in [0.25, 0.3) is 0 Å². The number of aromatic carboxylic acids is 1. The van der Waals surface area contributed by atoms with Crippen LogP contribution in [0.15, 0.2) is 42.5 Å². The molecule has 0 aliphatic heterocycles. The maximum atomic E-state index is 14.5. The number of hydrogen-bond donors (Lipinski definition) is 3. The SMILES string of the molecule is CNC(=O)c1ccc(C(=O)O)c(C(=O)Nc2cc(C)c(C(c3c(C)cc(C)cc3C)C(F)(F)F)c(C)c2)c1. The lowest BCUT2D eigenvalue weighted by molar-refractivity contribution is -0.141. The van der Waals surface area contributed by atoms with Gasteiger partial charge in [-0.15, -0.1) is 0 Å². The molecule has 0 aliphatic rings. The summed E-state index contributed by atoms with van der Waals surface area (Å²) in [4.78, 5) is 36.7. The van der Waals surface area contributed by atoms with E-state index in [1.165, 1.54) is 25.2 Å². The summed E-state index contributed by atoms with van der Waals surface area (Å²) in [6.45, 7) is 8.26. The summed E-state index contributed by atoms with van der Waals surface area (Å²) in [5, 5.41) is 14.5. The van der Waals surface area contributed by atoms with Crippen LogP contribution in [0.2, 0.25) is 0 Å². The number of alkyl halides is 3. The van der Waals surface area contributed by atoms with Crippen LogP contribution in [0.1, 0.15) is 75.9 Å². The first-order valence-corrected chi connectivity index (χ1v) is 11.8. The Hall–Kier alpha value is -4.14. The van der Waals surface area contributed by atoms with Gasteiger partial charge in [0.15, 0.2) is 0 Å². The number of aryl methyl sites for hydroxylation is 5. The van der Waals surface area contributed by atoms with Gasteiger partial charge in [-0.05, 0) is 98.3 Å². The molecule has 200 valence electrons. The highest BCUT2D eigenvalue weighted by molar-refractivity contribution is 6.12. The molecule has 3 N–H and O–H groups in total. The molecule has 0 fully saturated rings. The first-order valence-electron chi connectivity index (χ1n) is 11.8. The number of carbonyl (C=O) groups excluding carboxylic acids is 2. The molecule has 0 bridgehead atoms. The molecule has 2 amide bonds. The molecule has 0 aliphatic carbocycles. The summed E-state index contributed by atoms with van der Waals surface area (Å²) in [7, 11) is 1.40. The average molecular weight is 527 g/mol. The molecule has 3 aromatic carbocycles. The van der Waals surface area contributed by atoms with Gasteiger partial charge in [0.2, 0.25) is 0 Å². The van der Waals surface area contributed by atoms with Crippen molar-refractivity contribution < 1.29 is 32.7 Å². The highest BCUT2D eigenvalue weighted by Gasteiger charge is 2.44. The van der Waals surface area contributed by atoms with Gasteiger partial charge < -0.3 is 15.7 Å². The maximum Gasteiger partial charge on any atom is 0.399 e. The number of hydrogen-bond acceptors (Lipinski definition) is 3. The number of anilines is 1.